The van der Waals surface area contributed by atoms with E-state index in [2.05, 4.69) is 55.1 Å². The lowest BCUT2D eigenvalue weighted by molar-refractivity contribution is 0.146. The fourth-order valence-electron chi connectivity index (χ4n) is 4.71. The Hall–Kier alpha value is -3.98. The van der Waals surface area contributed by atoms with Crippen LogP contribution in [-0.2, 0) is 16.0 Å². The summed E-state index contributed by atoms with van der Waals surface area (Å²) in [6.45, 7) is 3.77. The third kappa shape index (κ3) is 4.58. The van der Waals surface area contributed by atoms with Crippen molar-refractivity contribution in [2.45, 2.75) is 43.6 Å². The van der Waals surface area contributed by atoms with Crippen LogP contribution in [0.4, 0.5) is 11.6 Å². The van der Waals surface area contributed by atoms with Gasteiger partial charge in [0.05, 0.1) is 42.7 Å². The number of fused-ring (bicyclic) bond motifs is 1. The van der Waals surface area contributed by atoms with E-state index in [9.17, 15) is 19.0 Å². The Morgan fingerprint density at radius 3 is 2.52 bits per heavy atom. The Morgan fingerprint density at radius 1 is 1.05 bits per heavy atom. The minimum Gasteiger partial charge on any atom is -0.770 e. The van der Waals surface area contributed by atoms with E-state index in [0.29, 0.717) is 35.9 Å². The van der Waals surface area contributed by atoms with Gasteiger partial charge in [-0.3, -0.25) is 13.6 Å². The number of nitrogens with zero attached hydrogens (tertiary/aromatic N) is 8. The number of anilines is 2. The average Bonchev–Trinajstić information content (AvgIpc) is 3.27. The summed E-state index contributed by atoms with van der Waals surface area (Å²) < 4.78 is 28.5. The minimum atomic E-state index is -2.26. The summed E-state index contributed by atoms with van der Waals surface area (Å²) in [6, 6.07) is 3.35. The molecular formula is C26H28N9O4S-. The third-order valence-corrected chi connectivity index (χ3v) is 8.36. The van der Waals surface area contributed by atoms with E-state index >= 15 is 0 Å². The van der Waals surface area contributed by atoms with Crippen molar-refractivity contribution in [1.29, 1.82) is 0 Å². The molecule has 5 aromatic rings. The van der Waals surface area contributed by atoms with Crippen LogP contribution in [0.2, 0.25) is 0 Å². The zero-order valence-corrected chi connectivity index (χ0v) is 22.7. The maximum absolute atomic E-state index is 11.6. The van der Waals surface area contributed by atoms with E-state index in [0.717, 1.165) is 22.0 Å². The van der Waals surface area contributed by atoms with Crippen LogP contribution in [-0.4, -0.2) is 71.3 Å². The molecule has 13 nitrogen and oxygen atoms in total. The van der Waals surface area contributed by atoms with Crippen molar-refractivity contribution in [3.8, 4) is 22.5 Å². The maximum Gasteiger partial charge on any atom is 0.164 e. The summed E-state index contributed by atoms with van der Waals surface area (Å²) in [5, 5.41) is 31.8. The van der Waals surface area contributed by atoms with Gasteiger partial charge in [0.15, 0.2) is 5.82 Å². The van der Waals surface area contributed by atoms with Gasteiger partial charge in [-0.15, -0.1) is 0 Å². The van der Waals surface area contributed by atoms with Crippen molar-refractivity contribution < 1.29 is 19.0 Å². The smallest absolute Gasteiger partial charge is 0.164 e. The highest BCUT2D eigenvalue weighted by Gasteiger charge is 2.47. The lowest BCUT2D eigenvalue weighted by atomic mass is 10.1. The van der Waals surface area contributed by atoms with Gasteiger partial charge in [0.1, 0.15) is 16.5 Å². The fourth-order valence-corrected chi connectivity index (χ4v) is 5.40. The van der Waals surface area contributed by atoms with Crippen molar-refractivity contribution in [2.75, 3.05) is 18.5 Å². The first kappa shape index (κ1) is 26.3. The lowest BCUT2D eigenvalue weighted by Crippen LogP contribution is -2.22. The summed E-state index contributed by atoms with van der Waals surface area (Å²) in [5.41, 5.74) is 3.38. The molecule has 1 aliphatic carbocycles. The zero-order chi connectivity index (χ0) is 28.0. The van der Waals surface area contributed by atoms with E-state index in [-0.39, 0.29) is 19.3 Å². The van der Waals surface area contributed by atoms with Crippen molar-refractivity contribution >= 4 is 33.6 Å². The predicted octanol–water partition coefficient (Wildman–Crippen LogP) is 2.73. The number of aliphatic hydroxyl groups excluding tert-OH is 2. The van der Waals surface area contributed by atoms with Gasteiger partial charge in [0, 0.05) is 59.6 Å². The second-order valence-electron chi connectivity index (χ2n) is 10.1. The standard InChI is InChI=1S/C26H29N9O4S/c1-16(2)33-13-21(17-8-29-34(11-17)19(14-36)15-37)20-10-28-24(7-22(20)33)31-23-3-6-27-25(32-23)18-9-30-35(12-18)26(4-5-26)40(38)39/h3,6-13,16,19,36-37H,4-5,14-15H2,1-2H3,(H,38,39)(H,27,28,31,32)/p-1. The van der Waals surface area contributed by atoms with E-state index in [4.69, 9.17) is 0 Å². The average molecular weight is 563 g/mol. The van der Waals surface area contributed by atoms with E-state index < -0.39 is 22.0 Å². The highest BCUT2D eigenvalue weighted by Crippen LogP contribution is 2.45. The molecule has 5 aromatic heterocycles. The largest absolute Gasteiger partial charge is 0.770 e. The van der Waals surface area contributed by atoms with Crippen LogP contribution in [0.1, 0.15) is 38.8 Å². The Balaban J connectivity index is 1.29. The first-order chi connectivity index (χ1) is 19.3. The van der Waals surface area contributed by atoms with Crippen LogP contribution in [0, 0.1) is 0 Å². The molecule has 0 spiro atoms. The van der Waals surface area contributed by atoms with Gasteiger partial charge < -0.3 is 24.6 Å². The zero-order valence-electron chi connectivity index (χ0n) is 21.9. The van der Waals surface area contributed by atoms with Gasteiger partial charge in [-0.2, -0.15) is 10.2 Å². The summed E-state index contributed by atoms with van der Waals surface area (Å²) in [4.78, 5) is 12.6. The number of rotatable bonds is 10. The summed E-state index contributed by atoms with van der Waals surface area (Å²) in [7, 11) is 0. The van der Waals surface area contributed by atoms with E-state index in [1.54, 1.807) is 41.7 Å². The topological polar surface area (TPSA) is 172 Å². The molecule has 40 heavy (non-hydrogen) atoms. The Kier molecular flexibility index (Phi) is 6.70. The van der Waals surface area contributed by atoms with Gasteiger partial charge in [-0.1, -0.05) is 0 Å². The Morgan fingerprint density at radius 2 is 1.82 bits per heavy atom. The van der Waals surface area contributed by atoms with Crippen molar-refractivity contribution in [3.05, 3.63) is 55.5 Å². The second kappa shape index (κ2) is 10.2. The van der Waals surface area contributed by atoms with Crippen LogP contribution in [0.25, 0.3) is 33.4 Å². The molecule has 14 heteroatoms. The summed E-state index contributed by atoms with van der Waals surface area (Å²) >= 11 is -2.26. The molecule has 0 bridgehead atoms. The highest BCUT2D eigenvalue weighted by molar-refractivity contribution is 7.80. The number of hydrogen-bond donors (Lipinski definition) is 3. The number of aliphatic hydroxyl groups is 2. The van der Waals surface area contributed by atoms with Crippen LogP contribution in [0.3, 0.4) is 0 Å². The number of aromatic nitrogens is 8. The summed E-state index contributed by atoms with van der Waals surface area (Å²) in [6.07, 6.45) is 13.3. The first-order valence-corrected chi connectivity index (χ1v) is 13.9. The van der Waals surface area contributed by atoms with Gasteiger partial charge in [0.2, 0.25) is 0 Å². The molecule has 208 valence electrons. The molecule has 1 atom stereocenters. The molecule has 0 aromatic carbocycles. The number of hydrogen-bond acceptors (Lipinski definition) is 10. The molecule has 3 N–H and O–H groups in total. The van der Waals surface area contributed by atoms with Gasteiger partial charge in [0.25, 0.3) is 0 Å². The molecule has 5 heterocycles. The lowest BCUT2D eigenvalue weighted by Gasteiger charge is -2.18. The molecule has 0 aliphatic heterocycles. The third-order valence-electron chi connectivity index (χ3n) is 7.14. The van der Waals surface area contributed by atoms with Gasteiger partial charge >= 0.3 is 0 Å². The van der Waals surface area contributed by atoms with Crippen molar-refractivity contribution in [3.63, 3.8) is 0 Å². The maximum atomic E-state index is 11.6. The normalized spacial score (nSPS) is 15.3. The molecule has 6 rings (SSSR count). The van der Waals surface area contributed by atoms with Gasteiger partial charge in [-0.05, 0) is 43.8 Å². The van der Waals surface area contributed by atoms with E-state index in [1.165, 1.54) is 4.68 Å². The van der Waals surface area contributed by atoms with Crippen LogP contribution < -0.4 is 5.32 Å². The molecule has 1 aliphatic rings. The van der Waals surface area contributed by atoms with Crippen molar-refractivity contribution in [1.82, 2.24) is 39.1 Å². The molecule has 1 fully saturated rings. The Labute approximate surface area is 231 Å². The predicted molar refractivity (Wildman–Crippen MR) is 147 cm³/mol. The Bertz CT molecular complexity index is 1700. The van der Waals surface area contributed by atoms with Crippen molar-refractivity contribution in [2.24, 2.45) is 0 Å². The monoisotopic (exact) mass is 562 g/mol. The quantitative estimate of drug-likeness (QED) is 0.215. The minimum absolute atomic E-state index is 0.171. The number of pyridine rings is 1. The molecule has 1 unspecified atom stereocenters. The second-order valence-corrected chi connectivity index (χ2v) is 11.3. The molecule has 0 saturated heterocycles. The number of nitrogens with one attached hydrogen (secondary N) is 1. The fraction of sp³-hybridized carbons (Fsp3) is 0.346. The van der Waals surface area contributed by atoms with Crippen LogP contribution >= 0.6 is 0 Å². The van der Waals surface area contributed by atoms with Crippen LogP contribution in [0.15, 0.2) is 55.5 Å². The van der Waals surface area contributed by atoms with Crippen LogP contribution in [0.5, 0.6) is 0 Å². The SMILES string of the molecule is CC(C)n1cc(-c2cnn(C(CO)CO)c2)c2cnc(Nc3ccnc(-c4cnn(C5(S(=O)[O-])CC5)c4)n3)cc21. The summed E-state index contributed by atoms with van der Waals surface area (Å²) in [5.74, 6) is 1.54. The highest BCUT2D eigenvalue weighted by atomic mass is 32.2. The molecule has 0 amide bonds. The first-order valence-electron chi connectivity index (χ1n) is 12.8. The van der Waals surface area contributed by atoms with Gasteiger partial charge in [-0.25, -0.2) is 15.0 Å². The molecule has 0 radical (unpaired) electrons. The molecule has 1 saturated carbocycles. The van der Waals surface area contributed by atoms with E-state index in [1.807, 2.05) is 12.3 Å². The molecular weight excluding hydrogens is 534 g/mol.